The highest BCUT2D eigenvalue weighted by atomic mass is 14.1. The minimum Gasteiger partial charge on any atom is -0.132 e. The fourth-order valence-corrected chi connectivity index (χ4v) is 0.996. The molecule has 2 radical (unpaired) electrons. The number of rotatable bonds is 0. The lowest BCUT2D eigenvalue weighted by Gasteiger charge is -1.86. The summed E-state index contributed by atoms with van der Waals surface area (Å²) < 4.78 is 0. The zero-order valence-corrected chi connectivity index (χ0v) is 4.48. The highest BCUT2D eigenvalue weighted by molar-refractivity contribution is 6.17. The van der Waals surface area contributed by atoms with Crippen molar-refractivity contribution in [1.29, 1.82) is 0 Å². The molecular formula is C6H9B. The third-order valence-corrected chi connectivity index (χ3v) is 1.48. The van der Waals surface area contributed by atoms with Crippen LogP contribution in [0.25, 0.3) is 0 Å². The number of allylic oxidation sites excluding steroid dienone is 1. The summed E-state index contributed by atoms with van der Waals surface area (Å²) in [6, 6.07) is 0. The molecule has 0 atom stereocenters. The Kier molecular flexibility index (Phi) is 1.56. The Hall–Kier alpha value is -0.195. The van der Waals surface area contributed by atoms with Gasteiger partial charge in [-0.3, -0.25) is 0 Å². The number of hydrogen-bond acceptors (Lipinski definition) is 0. The Labute approximate surface area is 46.0 Å². The molecule has 0 nitrogen and oxygen atoms in total. The van der Waals surface area contributed by atoms with Crippen LogP contribution in [-0.4, -0.2) is 7.85 Å². The van der Waals surface area contributed by atoms with Crippen LogP contribution in [-0.2, 0) is 0 Å². The van der Waals surface area contributed by atoms with E-state index >= 15 is 0 Å². The molecule has 36 valence electrons. The van der Waals surface area contributed by atoms with Crippen molar-refractivity contribution in [3.05, 3.63) is 11.5 Å². The van der Waals surface area contributed by atoms with Gasteiger partial charge < -0.3 is 0 Å². The highest BCUT2D eigenvalue weighted by Crippen LogP contribution is 2.22. The summed E-state index contributed by atoms with van der Waals surface area (Å²) in [6.07, 6.45) is 5.19. The zero-order chi connectivity index (χ0) is 5.11. The van der Waals surface area contributed by atoms with Crippen LogP contribution in [0.2, 0.25) is 0 Å². The number of hydrogen-bond donors (Lipinski definition) is 0. The Morgan fingerprint density at radius 3 is 2.14 bits per heavy atom. The molecule has 1 fully saturated rings. The van der Waals surface area contributed by atoms with Crippen LogP contribution in [0.5, 0.6) is 0 Å². The quantitative estimate of drug-likeness (QED) is 0.398. The van der Waals surface area contributed by atoms with Gasteiger partial charge in [-0.1, -0.05) is 5.57 Å². The van der Waals surface area contributed by atoms with Crippen LogP contribution >= 0.6 is 0 Å². The lowest BCUT2D eigenvalue weighted by molar-refractivity contribution is 0.886. The van der Waals surface area contributed by atoms with E-state index in [1.165, 1.54) is 31.3 Å². The van der Waals surface area contributed by atoms with Gasteiger partial charge >= 0.3 is 0 Å². The predicted octanol–water partition coefficient (Wildman–Crippen LogP) is 1.61. The summed E-state index contributed by atoms with van der Waals surface area (Å²) >= 11 is 0. The first kappa shape index (κ1) is 4.95. The standard InChI is InChI=1S/C6H9B/c7-5-6-3-1-2-4-6/h5H,1-4H2. The van der Waals surface area contributed by atoms with E-state index in [0.717, 1.165) is 0 Å². The van der Waals surface area contributed by atoms with E-state index in [2.05, 4.69) is 0 Å². The van der Waals surface area contributed by atoms with Crippen molar-refractivity contribution in [2.24, 2.45) is 0 Å². The van der Waals surface area contributed by atoms with Gasteiger partial charge in [0.1, 0.15) is 7.85 Å². The molecule has 0 unspecified atom stereocenters. The van der Waals surface area contributed by atoms with Crippen molar-refractivity contribution in [2.45, 2.75) is 25.7 Å². The van der Waals surface area contributed by atoms with Gasteiger partial charge in [-0.2, -0.15) is 0 Å². The zero-order valence-electron chi connectivity index (χ0n) is 4.48. The highest BCUT2D eigenvalue weighted by Gasteiger charge is 2.02. The maximum atomic E-state index is 5.27. The normalized spacial score (nSPS) is 20.3. The van der Waals surface area contributed by atoms with Crippen molar-refractivity contribution < 1.29 is 0 Å². The van der Waals surface area contributed by atoms with Crippen molar-refractivity contribution in [3.63, 3.8) is 0 Å². The van der Waals surface area contributed by atoms with E-state index in [9.17, 15) is 0 Å². The van der Waals surface area contributed by atoms with Gasteiger partial charge in [0.25, 0.3) is 0 Å². The van der Waals surface area contributed by atoms with E-state index in [1.54, 1.807) is 5.98 Å². The van der Waals surface area contributed by atoms with E-state index < -0.39 is 0 Å². The first-order chi connectivity index (χ1) is 3.43. The van der Waals surface area contributed by atoms with Gasteiger partial charge in [0.15, 0.2) is 0 Å². The summed E-state index contributed by atoms with van der Waals surface area (Å²) in [5, 5.41) is 0. The van der Waals surface area contributed by atoms with Crippen molar-refractivity contribution in [2.75, 3.05) is 0 Å². The molecule has 0 aromatic rings. The second-order valence-electron chi connectivity index (χ2n) is 2.03. The molecule has 0 amide bonds. The molecule has 7 heavy (non-hydrogen) atoms. The summed E-state index contributed by atoms with van der Waals surface area (Å²) in [5.74, 6) is 1.76. The summed E-state index contributed by atoms with van der Waals surface area (Å²) in [5.41, 5.74) is 1.44. The summed E-state index contributed by atoms with van der Waals surface area (Å²) in [6.45, 7) is 0. The molecule has 0 spiro atoms. The lowest BCUT2D eigenvalue weighted by atomic mass is 10.0. The van der Waals surface area contributed by atoms with Gasteiger partial charge in [0, 0.05) is 0 Å². The third kappa shape index (κ3) is 1.08. The average Bonchev–Trinajstić information content (AvgIpc) is 2.14. The Morgan fingerprint density at radius 1 is 1.29 bits per heavy atom. The SMILES string of the molecule is [B]C=C1CCCC1. The smallest absolute Gasteiger partial charge is 0.102 e. The first-order valence-electron chi connectivity index (χ1n) is 2.83. The van der Waals surface area contributed by atoms with Gasteiger partial charge in [0.05, 0.1) is 0 Å². The van der Waals surface area contributed by atoms with Gasteiger partial charge in [-0.05, 0) is 25.7 Å². The van der Waals surface area contributed by atoms with Crippen molar-refractivity contribution >= 4 is 7.85 Å². The van der Waals surface area contributed by atoms with E-state index in [1.807, 2.05) is 0 Å². The van der Waals surface area contributed by atoms with Crippen LogP contribution in [0, 0.1) is 0 Å². The minimum absolute atomic E-state index is 1.25. The molecule has 1 saturated carbocycles. The average molecular weight is 92.0 g/mol. The van der Waals surface area contributed by atoms with Crippen LogP contribution in [0.1, 0.15) is 25.7 Å². The minimum atomic E-state index is 1.25. The van der Waals surface area contributed by atoms with E-state index in [-0.39, 0.29) is 0 Å². The summed E-state index contributed by atoms with van der Waals surface area (Å²) in [7, 11) is 5.27. The molecule has 0 N–H and O–H groups in total. The molecule has 0 bridgehead atoms. The third-order valence-electron chi connectivity index (χ3n) is 1.48. The predicted molar refractivity (Wildman–Crippen MR) is 32.3 cm³/mol. The lowest BCUT2D eigenvalue weighted by Crippen LogP contribution is -1.68. The van der Waals surface area contributed by atoms with E-state index in [4.69, 9.17) is 7.85 Å². The van der Waals surface area contributed by atoms with Gasteiger partial charge in [0.2, 0.25) is 0 Å². The topological polar surface area (TPSA) is 0 Å². The van der Waals surface area contributed by atoms with Crippen LogP contribution in [0.4, 0.5) is 0 Å². The molecule has 1 rings (SSSR count). The van der Waals surface area contributed by atoms with Crippen molar-refractivity contribution in [3.8, 4) is 0 Å². The molecule has 0 aliphatic heterocycles. The maximum Gasteiger partial charge on any atom is 0.102 e. The van der Waals surface area contributed by atoms with Crippen LogP contribution in [0.3, 0.4) is 0 Å². The molecular weight excluding hydrogens is 82.9 g/mol. The monoisotopic (exact) mass is 92.1 g/mol. The second-order valence-corrected chi connectivity index (χ2v) is 2.03. The van der Waals surface area contributed by atoms with E-state index in [0.29, 0.717) is 0 Å². The Morgan fingerprint density at radius 2 is 1.86 bits per heavy atom. The molecule has 1 heteroatoms. The molecule has 0 saturated heterocycles. The molecule has 1 aliphatic rings. The largest absolute Gasteiger partial charge is 0.132 e. The van der Waals surface area contributed by atoms with Gasteiger partial charge in [-0.15, -0.1) is 5.98 Å². The first-order valence-corrected chi connectivity index (χ1v) is 2.83. The van der Waals surface area contributed by atoms with Gasteiger partial charge in [-0.25, -0.2) is 0 Å². The second kappa shape index (κ2) is 2.20. The Balaban J connectivity index is 2.41. The van der Waals surface area contributed by atoms with Crippen molar-refractivity contribution in [1.82, 2.24) is 0 Å². The van der Waals surface area contributed by atoms with Crippen LogP contribution < -0.4 is 0 Å². The Bertz CT molecular complexity index is 76.2. The fraction of sp³-hybridized carbons (Fsp3) is 0.667. The maximum absolute atomic E-state index is 5.27. The summed E-state index contributed by atoms with van der Waals surface area (Å²) in [4.78, 5) is 0. The fourth-order valence-electron chi connectivity index (χ4n) is 0.996. The molecule has 0 heterocycles. The van der Waals surface area contributed by atoms with Crippen LogP contribution in [0.15, 0.2) is 11.5 Å². The molecule has 0 aromatic carbocycles. The molecule has 0 aromatic heterocycles. The molecule has 1 aliphatic carbocycles.